The number of nitro groups is 1. The molecule has 0 aliphatic carbocycles. The topological polar surface area (TPSA) is 115 Å². The Morgan fingerprint density at radius 3 is 2.45 bits per heavy atom. The predicted octanol–water partition coefficient (Wildman–Crippen LogP) is 4.05. The molecule has 162 valence electrons. The zero-order valence-corrected chi connectivity index (χ0v) is 18.2. The van der Waals surface area contributed by atoms with Crippen LogP contribution < -0.4 is 9.62 Å². The molecule has 0 aliphatic rings. The van der Waals surface area contributed by atoms with Gasteiger partial charge in [-0.3, -0.25) is 19.2 Å². The van der Waals surface area contributed by atoms with E-state index in [1.807, 2.05) is 0 Å². The van der Waals surface area contributed by atoms with Gasteiger partial charge in [-0.25, -0.2) is 8.42 Å². The number of carbonyl (C=O) groups is 1. The number of halogens is 1. The second-order valence-corrected chi connectivity index (χ2v) is 8.79. The standard InChI is InChI=1S/C20H19ClN4O5S/c1-3-24(15-7-5-4-6-8-15)31(29,30)19-11-14(9-10-17(19)21)22-20(26)18-12-16(25(27)28)13-23(18)2/h4-13H,3H2,1-2H3,(H,22,26). The van der Waals surface area contributed by atoms with Crippen LogP contribution in [0, 0.1) is 10.1 Å². The number of nitrogens with one attached hydrogen (secondary N) is 1. The van der Waals surface area contributed by atoms with Crippen LogP contribution in [0.4, 0.5) is 17.1 Å². The molecule has 11 heteroatoms. The van der Waals surface area contributed by atoms with Crippen LogP contribution in [0.2, 0.25) is 5.02 Å². The highest BCUT2D eigenvalue weighted by atomic mass is 35.5. The van der Waals surface area contributed by atoms with E-state index in [0.29, 0.717) is 5.69 Å². The second kappa shape index (κ2) is 8.78. The molecule has 1 amide bonds. The van der Waals surface area contributed by atoms with E-state index in [2.05, 4.69) is 5.32 Å². The van der Waals surface area contributed by atoms with Crippen molar-refractivity contribution in [2.45, 2.75) is 11.8 Å². The van der Waals surface area contributed by atoms with Gasteiger partial charge in [0.25, 0.3) is 21.6 Å². The fourth-order valence-corrected chi connectivity index (χ4v) is 5.03. The minimum atomic E-state index is -4.02. The summed E-state index contributed by atoms with van der Waals surface area (Å²) in [4.78, 5) is 22.7. The monoisotopic (exact) mass is 462 g/mol. The lowest BCUT2D eigenvalue weighted by atomic mass is 10.3. The SMILES string of the molecule is CCN(c1ccccc1)S(=O)(=O)c1cc(NC(=O)c2cc([N+](=O)[O-])cn2C)ccc1Cl. The van der Waals surface area contributed by atoms with E-state index in [1.54, 1.807) is 37.3 Å². The van der Waals surface area contributed by atoms with Gasteiger partial charge in [0.05, 0.1) is 21.8 Å². The molecule has 1 aromatic heterocycles. The molecular formula is C20H19ClN4O5S. The number of aromatic nitrogens is 1. The fourth-order valence-electron chi connectivity index (χ4n) is 3.05. The Balaban J connectivity index is 1.94. The molecule has 1 heterocycles. The number of carbonyl (C=O) groups excluding carboxylic acids is 1. The molecule has 0 atom stereocenters. The molecule has 0 spiro atoms. The number of benzene rings is 2. The van der Waals surface area contributed by atoms with Crippen molar-refractivity contribution < 1.29 is 18.1 Å². The van der Waals surface area contributed by atoms with Gasteiger partial charge in [-0.05, 0) is 37.3 Å². The van der Waals surface area contributed by atoms with Crippen LogP contribution in [-0.2, 0) is 17.1 Å². The molecule has 0 bridgehead atoms. The fraction of sp³-hybridized carbons (Fsp3) is 0.150. The molecule has 0 fully saturated rings. The first kappa shape index (κ1) is 22.3. The Morgan fingerprint density at radius 1 is 1.19 bits per heavy atom. The number of amides is 1. The number of aryl methyl sites for hydroxylation is 1. The van der Waals surface area contributed by atoms with Crippen molar-refractivity contribution in [3.63, 3.8) is 0 Å². The van der Waals surface area contributed by atoms with Crippen molar-refractivity contribution in [3.05, 3.63) is 81.6 Å². The molecule has 0 radical (unpaired) electrons. The minimum absolute atomic E-state index is 0.00175. The summed E-state index contributed by atoms with van der Waals surface area (Å²) in [5, 5.41) is 13.5. The lowest BCUT2D eigenvalue weighted by molar-refractivity contribution is -0.384. The molecule has 3 rings (SSSR count). The van der Waals surface area contributed by atoms with Crippen LogP contribution >= 0.6 is 11.6 Å². The number of para-hydroxylation sites is 1. The van der Waals surface area contributed by atoms with Gasteiger partial charge in [-0.1, -0.05) is 29.8 Å². The van der Waals surface area contributed by atoms with Crippen LogP contribution in [0.1, 0.15) is 17.4 Å². The lowest BCUT2D eigenvalue weighted by Gasteiger charge is -2.23. The zero-order valence-electron chi connectivity index (χ0n) is 16.6. The minimum Gasteiger partial charge on any atom is -0.340 e. The number of hydrogen-bond donors (Lipinski definition) is 1. The van der Waals surface area contributed by atoms with E-state index >= 15 is 0 Å². The molecule has 31 heavy (non-hydrogen) atoms. The van der Waals surface area contributed by atoms with Gasteiger partial charge in [0, 0.05) is 25.3 Å². The first-order valence-electron chi connectivity index (χ1n) is 9.14. The lowest BCUT2D eigenvalue weighted by Crippen LogP contribution is -2.31. The number of anilines is 2. The van der Waals surface area contributed by atoms with Crippen molar-refractivity contribution in [3.8, 4) is 0 Å². The molecule has 0 unspecified atom stereocenters. The largest absolute Gasteiger partial charge is 0.340 e. The first-order valence-corrected chi connectivity index (χ1v) is 11.0. The summed E-state index contributed by atoms with van der Waals surface area (Å²) in [6.07, 6.45) is 1.21. The average Bonchev–Trinajstić information content (AvgIpc) is 3.12. The third kappa shape index (κ3) is 4.54. The normalized spacial score (nSPS) is 11.2. The van der Waals surface area contributed by atoms with E-state index in [1.165, 1.54) is 40.3 Å². The number of rotatable bonds is 7. The molecule has 1 N–H and O–H groups in total. The van der Waals surface area contributed by atoms with E-state index in [-0.39, 0.29) is 33.5 Å². The Labute approximate surface area is 184 Å². The van der Waals surface area contributed by atoms with Gasteiger partial charge in [-0.15, -0.1) is 0 Å². The molecule has 9 nitrogen and oxygen atoms in total. The molecular weight excluding hydrogens is 444 g/mol. The Morgan fingerprint density at radius 2 is 1.87 bits per heavy atom. The second-order valence-electron chi connectivity index (χ2n) is 6.56. The van der Waals surface area contributed by atoms with Gasteiger partial charge in [-0.2, -0.15) is 0 Å². The summed E-state index contributed by atoms with van der Waals surface area (Å²) in [5.74, 6) is -0.628. The molecule has 3 aromatic rings. The number of nitrogens with zero attached hydrogens (tertiary/aromatic N) is 3. The molecule has 0 saturated heterocycles. The Bertz CT molecular complexity index is 1240. The van der Waals surface area contributed by atoms with Gasteiger partial charge in [0.1, 0.15) is 10.6 Å². The van der Waals surface area contributed by atoms with Crippen molar-refractivity contribution in [2.24, 2.45) is 7.05 Å². The molecule has 2 aromatic carbocycles. The maximum Gasteiger partial charge on any atom is 0.287 e. The van der Waals surface area contributed by atoms with Crippen LogP contribution in [0.5, 0.6) is 0 Å². The van der Waals surface area contributed by atoms with Crippen molar-refractivity contribution >= 4 is 44.6 Å². The smallest absolute Gasteiger partial charge is 0.287 e. The predicted molar refractivity (Wildman–Crippen MR) is 118 cm³/mol. The summed E-state index contributed by atoms with van der Waals surface area (Å²) in [5.41, 5.74) is 0.478. The highest BCUT2D eigenvalue weighted by Crippen LogP contribution is 2.31. The van der Waals surface area contributed by atoms with E-state index in [0.717, 1.165) is 6.07 Å². The Kier molecular flexibility index (Phi) is 6.32. The summed E-state index contributed by atoms with van der Waals surface area (Å²) in [7, 11) is -2.52. The Hall–Kier alpha value is -3.37. The zero-order chi connectivity index (χ0) is 22.8. The molecule has 0 aliphatic heterocycles. The number of hydrogen-bond acceptors (Lipinski definition) is 5. The van der Waals surface area contributed by atoms with E-state index in [4.69, 9.17) is 11.6 Å². The average molecular weight is 463 g/mol. The quantitative estimate of drug-likeness (QED) is 0.420. The number of sulfonamides is 1. The third-order valence-electron chi connectivity index (χ3n) is 4.52. The maximum atomic E-state index is 13.3. The van der Waals surface area contributed by atoms with Crippen LogP contribution in [-0.4, -0.2) is 30.4 Å². The van der Waals surface area contributed by atoms with Gasteiger partial charge < -0.3 is 9.88 Å². The summed E-state index contributed by atoms with van der Waals surface area (Å²) in [6.45, 7) is 1.87. The van der Waals surface area contributed by atoms with Gasteiger partial charge in [0.15, 0.2) is 0 Å². The summed E-state index contributed by atoms with van der Waals surface area (Å²) >= 11 is 6.19. The van der Waals surface area contributed by atoms with Gasteiger partial charge in [0.2, 0.25) is 0 Å². The maximum absolute atomic E-state index is 13.3. The van der Waals surface area contributed by atoms with Crippen molar-refractivity contribution in [1.29, 1.82) is 0 Å². The van der Waals surface area contributed by atoms with Crippen LogP contribution in [0.3, 0.4) is 0 Å². The van der Waals surface area contributed by atoms with E-state index in [9.17, 15) is 23.3 Å². The highest BCUT2D eigenvalue weighted by molar-refractivity contribution is 7.93. The van der Waals surface area contributed by atoms with E-state index < -0.39 is 20.9 Å². The summed E-state index contributed by atoms with van der Waals surface area (Å²) in [6, 6.07) is 13.8. The van der Waals surface area contributed by atoms with Crippen LogP contribution in [0.15, 0.2) is 65.7 Å². The van der Waals surface area contributed by atoms with Crippen LogP contribution in [0.25, 0.3) is 0 Å². The van der Waals surface area contributed by atoms with Crippen molar-refractivity contribution in [2.75, 3.05) is 16.2 Å². The first-order chi connectivity index (χ1) is 14.6. The summed E-state index contributed by atoms with van der Waals surface area (Å²) < 4.78 is 29.1. The third-order valence-corrected chi connectivity index (χ3v) is 6.91. The molecule has 0 saturated carbocycles. The highest BCUT2D eigenvalue weighted by Gasteiger charge is 2.27. The van der Waals surface area contributed by atoms with Crippen molar-refractivity contribution in [1.82, 2.24) is 4.57 Å². The van der Waals surface area contributed by atoms with Gasteiger partial charge >= 0.3 is 0 Å².